The Morgan fingerprint density at radius 1 is 0.893 bits per heavy atom. The van der Waals surface area contributed by atoms with E-state index in [0.29, 0.717) is 18.8 Å². The van der Waals surface area contributed by atoms with Crippen LogP contribution in [0, 0.1) is 11.8 Å². The topological polar surface area (TPSA) is 84.5 Å². The molecule has 0 unspecified atom stereocenters. The van der Waals surface area contributed by atoms with E-state index in [0.717, 1.165) is 57.8 Å². The number of amides is 2. The van der Waals surface area contributed by atoms with Gasteiger partial charge in [-0.1, -0.05) is 13.8 Å². The Morgan fingerprint density at radius 3 is 2.04 bits per heavy atom. The smallest absolute Gasteiger partial charge is 0.220 e. The molecule has 2 aliphatic rings. The van der Waals surface area contributed by atoms with Gasteiger partial charge in [0.2, 0.25) is 11.8 Å². The molecular weight excluding hydrogens is 356 g/mol. The van der Waals surface area contributed by atoms with Gasteiger partial charge in [0.05, 0.1) is 6.10 Å². The SMILES string of the molecule is CC(=O)NC1CCC(OCCCC(=O)NC2CCC(C(=O)C(C)C)CC2)CC1. The molecule has 0 aromatic carbocycles. The number of rotatable bonds is 9. The van der Waals surface area contributed by atoms with E-state index < -0.39 is 0 Å². The van der Waals surface area contributed by atoms with Crippen molar-refractivity contribution >= 4 is 17.6 Å². The van der Waals surface area contributed by atoms with Crippen LogP contribution in [0.1, 0.15) is 85.0 Å². The molecule has 0 saturated heterocycles. The van der Waals surface area contributed by atoms with Gasteiger partial charge in [-0.2, -0.15) is 0 Å². The Morgan fingerprint density at radius 2 is 1.46 bits per heavy atom. The van der Waals surface area contributed by atoms with E-state index >= 15 is 0 Å². The summed E-state index contributed by atoms with van der Waals surface area (Å²) >= 11 is 0. The number of Topliss-reactive ketones (excluding diaryl/α,β-unsaturated/α-hetero) is 1. The van der Waals surface area contributed by atoms with Crippen LogP contribution in [-0.2, 0) is 19.1 Å². The van der Waals surface area contributed by atoms with Crippen molar-refractivity contribution in [1.29, 1.82) is 0 Å². The maximum absolute atomic E-state index is 12.2. The minimum Gasteiger partial charge on any atom is -0.378 e. The summed E-state index contributed by atoms with van der Waals surface area (Å²) in [6.45, 7) is 6.10. The summed E-state index contributed by atoms with van der Waals surface area (Å²) in [6, 6.07) is 0.503. The average molecular weight is 395 g/mol. The second-order valence-corrected chi connectivity index (χ2v) is 8.82. The fourth-order valence-corrected chi connectivity index (χ4v) is 4.44. The number of ether oxygens (including phenoxy) is 1. The number of carbonyl (C=O) groups excluding carboxylic acids is 3. The highest BCUT2D eigenvalue weighted by atomic mass is 16.5. The fraction of sp³-hybridized carbons (Fsp3) is 0.864. The molecule has 2 amide bonds. The van der Waals surface area contributed by atoms with Crippen molar-refractivity contribution in [3.8, 4) is 0 Å². The van der Waals surface area contributed by atoms with Gasteiger partial charge >= 0.3 is 0 Å². The van der Waals surface area contributed by atoms with Gasteiger partial charge in [-0.15, -0.1) is 0 Å². The van der Waals surface area contributed by atoms with Crippen LogP contribution in [0.4, 0.5) is 0 Å². The van der Waals surface area contributed by atoms with E-state index in [9.17, 15) is 14.4 Å². The predicted octanol–water partition coefficient (Wildman–Crippen LogP) is 3.13. The third kappa shape index (κ3) is 7.90. The first kappa shape index (κ1) is 22.9. The summed E-state index contributed by atoms with van der Waals surface area (Å²) in [5.41, 5.74) is 0. The first-order valence-electron chi connectivity index (χ1n) is 11.1. The zero-order valence-electron chi connectivity index (χ0n) is 17.8. The van der Waals surface area contributed by atoms with E-state index in [-0.39, 0.29) is 41.8 Å². The molecule has 0 bridgehead atoms. The van der Waals surface area contributed by atoms with Crippen LogP contribution in [0.25, 0.3) is 0 Å². The molecule has 0 heterocycles. The molecule has 0 aromatic rings. The second-order valence-electron chi connectivity index (χ2n) is 8.82. The summed E-state index contributed by atoms with van der Waals surface area (Å²) < 4.78 is 5.91. The molecule has 160 valence electrons. The Balaban J connectivity index is 1.52. The monoisotopic (exact) mass is 394 g/mol. The molecule has 2 fully saturated rings. The Hall–Kier alpha value is -1.43. The summed E-state index contributed by atoms with van der Waals surface area (Å²) in [5.74, 6) is 0.791. The van der Waals surface area contributed by atoms with Gasteiger partial charge < -0.3 is 15.4 Å². The van der Waals surface area contributed by atoms with Crippen LogP contribution in [0.2, 0.25) is 0 Å². The van der Waals surface area contributed by atoms with Crippen molar-refractivity contribution in [3.63, 3.8) is 0 Å². The van der Waals surface area contributed by atoms with E-state index in [2.05, 4.69) is 10.6 Å². The van der Waals surface area contributed by atoms with Crippen LogP contribution >= 0.6 is 0 Å². The van der Waals surface area contributed by atoms with Crippen molar-refractivity contribution in [3.05, 3.63) is 0 Å². The molecule has 2 rings (SSSR count). The molecule has 2 aliphatic carbocycles. The maximum atomic E-state index is 12.2. The molecule has 6 heteroatoms. The molecular formula is C22H38N2O4. The van der Waals surface area contributed by atoms with Gasteiger partial charge in [0.25, 0.3) is 0 Å². The third-order valence-corrected chi connectivity index (χ3v) is 6.05. The maximum Gasteiger partial charge on any atom is 0.220 e. The standard InChI is InChI=1S/C22H38N2O4/c1-15(2)22(27)17-6-8-19(9-7-17)24-21(26)5-4-14-28-20-12-10-18(11-13-20)23-16(3)25/h15,17-20H,4-14H2,1-3H3,(H,23,25)(H,24,26). The van der Waals surface area contributed by atoms with Gasteiger partial charge in [0.15, 0.2) is 0 Å². The first-order chi connectivity index (χ1) is 13.3. The number of nitrogens with one attached hydrogen (secondary N) is 2. The van der Waals surface area contributed by atoms with Crippen molar-refractivity contribution in [2.45, 2.75) is 103 Å². The number of ketones is 1. The van der Waals surface area contributed by atoms with Gasteiger partial charge in [-0.3, -0.25) is 14.4 Å². The van der Waals surface area contributed by atoms with Crippen LogP contribution in [-0.4, -0.2) is 42.4 Å². The van der Waals surface area contributed by atoms with Crippen LogP contribution in [0.3, 0.4) is 0 Å². The van der Waals surface area contributed by atoms with E-state index in [4.69, 9.17) is 4.74 Å². The highest BCUT2D eigenvalue weighted by Crippen LogP contribution is 2.27. The normalized spacial score (nSPS) is 28.0. The van der Waals surface area contributed by atoms with E-state index in [1.165, 1.54) is 0 Å². The van der Waals surface area contributed by atoms with Crippen molar-refractivity contribution in [2.24, 2.45) is 11.8 Å². The summed E-state index contributed by atoms with van der Waals surface area (Å²) in [6.07, 6.45) is 8.95. The molecule has 0 atom stereocenters. The van der Waals surface area contributed by atoms with Crippen LogP contribution < -0.4 is 10.6 Å². The number of carbonyl (C=O) groups is 3. The van der Waals surface area contributed by atoms with Gasteiger partial charge in [-0.25, -0.2) is 0 Å². The molecule has 0 aromatic heterocycles. The zero-order chi connectivity index (χ0) is 20.5. The quantitative estimate of drug-likeness (QED) is 0.589. The molecule has 2 saturated carbocycles. The lowest BCUT2D eigenvalue weighted by molar-refractivity contribution is -0.127. The number of hydrogen-bond acceptors (Lipinski definition) is 4. The molecule has 6 nitrogen and oxygen atoms in total. The van der Waals surface area contributed by atoms with E-state index in [1.54, 1.807) is 6.92 Å². The lowest BCUT2D eigenvalue weighted by Crippen LogP contribution is -2.39. The third-order valence-electron chi connectivity index (χ3n) is 6.05. The highest BCUT2D eigenvalue weighted by molar-refractivity contribution is 5.83. The number of hydrogen-bond donors (Lipinski definition) is 2. The van der Waals surface area contributed by atoms with Gasteiger partial charge in [0, 0.05) is 43.9 Å². The Labute approximate surface area is 169 Å². The second kappa shape index (κ2) is 11.5. The molecule has 2 N–H and O–H groups in total. The van der Waals surface area contributed by atoms with E-state index in [1.807, 2.05) is 13.8 Å². The Kier molecular flexibility index (Phi) is 9.42. The van der Waals surface area contributed by atoms with Gasteiger partial charge in [-0.05, 0) is 57.8 Å². The van der Waals surface area contributed by atoms with Crippen LogP contribution in [0.5, 0.6) is 0 Å². The highest BCUT2D eigenvalue weighted by Gasteiger charge is 2.28. The lowest BCUT2D eigenvalue weighted by Gasteiger charge is -2.29. The zero-order valence-corrected chi connectivity index (χ0v) is 17.8. The first-order valence-corrected chi connectivity index (χ1v) is 11.1. The lowest BCUT2D eigenvalue weighted by atomic mass is 9.80. The molecule has 28 heavy (non-hydrogen) atoms. The molecule has 0 radical (unpaired) electrons. The molecule has 0 spiro atoms. The fourth-order valence-electron chi connectivity index (χ4n) is 4.44. The van der Waals surface area contributed by atoms with Crippen LogP contribution in [0.15, 0.2) is 0 Å². The average Bonchev–Trinajstić information content (AvgIpc) is 2.66. The predicted molar refractivity (Wildman–Crippen MR) is 109 cm³/mol. The van der Waals surface area contributed by atoms with Crippen molar-refractivity contribution in [2.75, 3.05) is 6.61 Å². The van der Waals surface area contributed by atoms with Gasteiger partial charge in [0.1, 0.15) is 5.78 Å². The van der Waals surface area contributed by atoms with Crippen molar-refractivity contribution < 1.29 is 19.1 Å². The minimum absolute atomic E-state index is 0.0374. The molecule has 0 aliphatic heterocycles. The summed E-state index contributed by atoms with van der Waals surface area (Å²) in [5, 5.41) is 6.10. The minimum atomic E-state index is 0.0374. The van der Waals surface area contributed by atoms with Crippen molar-refractivity contribution in [1.82, 2.24) is 10.6 Å². The summed E-state index contributed by atoms with van der Waals surface area (Å²) in [7, 11) is 0. The summed E-state index contributed by atoms with van der Waals surface area (Å²) in [4.78, 5) is 35.3. The Bertz CT molecular complexity index is 519. The largest absolute Gasteiger partial charge is 0.378 e.